The number of benzene rings is 1. The van der Waals surface area contributed by atoms with E-state index >= 15 is 0 Å². The molecule has 2 heterocycles. The maximum absolute atomic E-state index is 5.82. The molecule has 0 atom stereocenters. The van der Waals surface area contributed by atoms with Gasteiger partial charge < -0.3 is 26.3 Å². The minimum Gasteiger partial charge on any atom is -0.497 e. The van der Waals surface area contributed by atoms with Crippen LogP contribution in [0.2, 0.25) is 0 Å². The van der Waals surface area contributed by atoms with E-state index in [1.165, 1.54) is 0 Å². The third kappa shape index (κ3) is 3.19. The van der Waals surface area contributed by atoms with Gasteiger partial charge in [0.2, 0.25) is 5.95 Å². The number of nitrogens with zero attached hydrogens (tertiary/aromatic N) is 4. The van der Waals surface area contributed by atoms with Gasteiger partial charge in [-0.15, -0.1) is 0 Å². The van der Waals surface area contributed by atoms with E-state index in [4.69, 9.17) is 20.9 Å². The molecule has 0 saturated heterocycles. The maximum Gasteiger partial charge on any atom is 0.224 e. The zero-order valence-electron chi connectivity index (χ0n) is 13.3. The van der Waals surface area contributed by atoms with Crippen molar-refractivity contribution in [1.82, 2.24) is 19.9 Å². The number of methoxy groups -OCH3 is 2. The molecule has 0 radical (unpaired) electrons. The highest BCUT2D eigenvalue weighted by atomic mass is 16.5. The van der Waals surface area contributed by atoms with Crippen LogP contribution in [0.4, 0.5) is 17.5 Å². The van der Waals surface area contributed by atoms with Crippen LogP contribution in [0.5, 0.6) is 11.5 Å². The largest absolute Gasteiger partial charge is 0.497 e. The summed E-state index contributed by atoms with van der Waals surface area (Å²) in [6.07, 6.45) is 1.61. The van der Waals surface area contributed by atoms with E-state index < -0.39 is 0 Å². The topological polar surface area (TPSA) is 134 Å². The Morgan fingerprint density at radius 3 is 2.38 bits per heavy atom. The second-order valence-electron chi connectivity index (χ2n) is 4.96. The second kappa shape index (κ2) is 6.41. The Kier molecular flexibility index (Phi) is 4.15. The van der Waals surface area contributed by atoms with Crippen molar-refractivity contribution in [3.05, 3.63) is 30.1 Å². The van der Waals surface area contributed by atoms with E-state index in [-0.39, 0.29) is 11.8 Å². The Hall–Kier alpha value is -3.36. The number of hydrogen-bond donors (Lipinski definition) is 3. The first-order chi connectivity index (χ1) is 11.6. The molecule has 0 aliphatic heterocycles. The lowest BCUT2D eigenvalue weighted by molar-refractivity contribution is 0.394. The number of rotatable bonds is 5. The number of anilines is 3. The van der Waals surface area contributed by atoms with E-state index in [0.29, 0.717) is 34.9 Å². The van der Waals surface area contributed by atoms with Crippen LogP contribution in [0.3, 0.4) is 0 Å². The van der Waals surface area contributed by atoms with E-state index in [2.05, 4.69) is 25.3 Å². The molecule has 0 unspecified atom stereocenters. The van der Waals surface area contributed by atoms with Crippen LogP contribution in [0.15, 0.2) is 24.4 Å². The molecule has 5 N–H and O–H groups in total. The number of nitrogens with one attached hydrogen (secondary N) is 1. The molecule has 24 heavy (non-hydrogen) atoms. The van der Waals surface area contributed by atoms with Crippen LogP contribution in [0.1, 0.15) is 5.69 Å². The highest BCUT2D eigenvalue weighted by Crippen LogP contribution is 2.26. The fraction of sp³-hybridized carbons (Fsp3) is 0.200. The van der Waals surface area contributed by atoms with Crippen LogP contribution in [-0.4, -0.2) is 34.2 Å². The molecule has 0 fully saturated rings. The zero-order valence-corrected chi connectivity index (χ0v) is 13.3. The Balaban J connectivity index is 1.83. The van der Waals surface area contributed by atoms with Crippen molar-refractivity contribution in [2.24, 2.45) is 0 Å². The van der Waals surface area contributed by atoms with Gasteiger partial charge in [0, 0.05) is 23.9 Å². The summed E-state index contributed by atoms with van der Waals surface area (Å²) >= 11 is 0. The lowest BCUT2D eigenvalue weighted by atomic mass is 10.2. The number of fused-ring (bicyclic) bond motifs is 1. The lowest BCUT2D eigenvalue weighted by Crippen LogP contribution is -2.07. The smallest absolute Gasteiger partial charge is 0.224 e. The van der Waals surface area contributed by atoms with Gasteiger partial charge in [0.05, 0.1) is 32.7 Å². The molecule has 0 aliphatic carbocycles. The molecular weight excluding hydrogens is 310 g/mol. The van der Waals surface area contributed by atoms with Crippen molar-refractivity contribution in [2.45, 2.75) is 6.54 Å². The molecular formula is C15H17N7O2. The molecule has 0 bridgehead atoms. The third-order valence-electron chi connectivity index (χ3n) is 3.33. The fourth-order valence-electron chi connectivity index (χ4n) is 2.17. The Bertz CT molecular complexity index is 863. The first-order valence-electron chi connectivity index (χ1n) is 7.10. The number of aromatic nitrogens is 4. The first kappa shape index (κ1) is 15.5. The van der Waals surface area contributed by atoms with Gasteiger partial charge >= 0.3 is 0 Å². The quantitative estimate of drug-likeness (QED) is 0.632. The van der Waals surface area contributed by atoms with Gasteiger partial charge in [-0.1, -0.05) is 0 Å². The van der Waals surface area contributed by atoms with Crippen molar-refractivity contribution in [3.63, 3.8) is 0 Å². The molecule has 0 aliphatic rings. The molecule has 9 heteroatoms. The van der Waals surface area contributed by atoms with Gasteiger partial charge in [0.15, 0.2) is 17.0 Å². The van der Waals surface area contributed by atoms with Crippen LogP contribution in [-0.2, 0) is 6.54 Å². The summed E-state index contributed by atoms with van der Waals surface area (Å²) in [4.78, 5) is 16.5. The van der Waals surface area contributed by atoms with Crippen LogP contribution in [0.25, 0.3) is 11.2 Å². The number of nitrogen functional groups attached to an aromatic ring is 2. The van der Waals surface area contributed by atoms with E-state index in [1.807, 2.05) is 12.1 Å². The molecule has 3 rings (SSSR count). The van der Waals surface area contributed by atoms with Crippen molar-refractivity contribution in [2.75, 3.05) is 31.0 Å². The van der Waals surface area contributed by atoms with Gasteiger partial charge in [-0.25, -0.2) is 9.97 Å². The minimum atomic E-state index is 0.0728. The summed E-state index contributed by atoms with van der Waals surface area (Å²) < 4.78 is 10.5. The predicted octanol–water partition coefficient (Wildman–Crippen LogP) is 1.21. The summed E-state index contributed by atoms with van der Waals surface area (Å²) in [5, 5.41) is 3.24. The Morgan fingerprint density at radius 2 is 1.71 bits per heavy atom. The van der Waals surface area contributed by atoms with Crippen molar-refractivity contribution >= 4 is 28.6 Å². The molecule has 124 valence electrons. The summed E-state index contributed by atoms with van der Waals surface area (Å²) in [5.41, 5.74) is 13.7. The van der Waals surface area contributed by atoms with E-state index in [1.54, 1.807) is 26.5 Å². The molecule has 0 spiro atoms. The third-order valence-corrected chi connectivity index (χ3v) is 3.33. The Morgan fingerprint density at radius 1 is 1.00 bits per heavy atom. The standard InChI is InChI=1S/C15H17N7O2/c1-23-10-3-8(4-11(5-10)24-2)18-6-9-7-19-14-12(20-9)13(16)21-15(17)22-14/h3-5,7,18H,6H2,1-2H3,(H4,16,17,19,21,22). The summed E-state index contributed by atoms with van der Waals surface area (Å²) in [7, 11) is 3.20. The minimum absolute atomic E-state index is 0.0728. The maximum atomic E-state index is 5.82. The highest BCUT2D eigenvalue weighted by molar-refractivity contribution is 5.81. The summed E-state index contributed by atoms with van der Waals surface area (Å²) in [5.74, 6) is 1.66. The number of ether oxygens (including phenoxy) is 2. The molecule has 2 aromatic heterocycles. The normalized spacial score (nSPS) is 10.6. The van der Waals surface area contributed by atoms with Crippen LogP contribution < -0.4 is 26.3 Å². The van der Waals surface area contributed by atoms with Gasteiger partial charge in [0.25, 0.3) is 0 Å². The lowest BCUT2D eigenvalue weighted by Gasteiger charge is -2.10. The van der Waals surface area contributed by atoms with Gasteiger partial charge in [-0.05, 0) is 0 Å². The highest BCUT2D eigenvalue weighted by Gasteiger charge is 2.08. The monoisotopic (exact) mass is 327 g/mol. The SMILES string of the molecule is COc1cc(NCc2cnc3nc(N)nc(N)c3n2)cc(OC)c1. The van der Waals surface area contributed by atoms with Crippen molar-refractivity contribution in [1.29, 1.82) is 0 Å². The van der Waals surface area contributed by atoms with Gasteiger partial charge in [-0.3, -0.25) is 0 Å². The second-order valence-corrected chi connectivity index (χ2v) is 4.96. The van der Waals surface area contributed by atoms with E-state index in [9.17, 15) is 0 Å². The van der Waals surface area contributed by atoms with Crippen molar-refractivity contribution in [3.8, 4) is 11.5 Å². The number of nitrogens with two attached hydrogens (primary N) is 2. The summed E-state index contributed by atoms with van der Waals surface area (Å²) in [6.45, 7) is 0.434. The van der Waals surface area contributed by atoms with Crippen molar-refractivity contribution < 1.29 is 9.47 Å². The average molecular weight is 327 g/mol. The Labute approximate surface area is 138 Å². The van der Waals surface area contributed by atoms with Crippen LogP contribution >= 0.6 is 0 Å². The van der Waals surface area contributed by atoms with Gasteiger partial charge in [0.1, 0.15) is 11.5 Å². The molecule has 1 aromatic carbocycles. The van der Waals surface area contributed by atoms with E-state index in [0.717, 1.165) is 5.69 Å². The molecule has 0 amide bonds. The zero-order chi connectivity index (χ0) is 17.1. The first-order valence-corrected chi connectivity index (χ1v) is 7.10. The molecule has 3 aromatic rings. The summed E-state index contributed by atoms with van der Waals surface area (Å²) in [6, 6.07) is 5.51. The predicted molar refractivity (Wildman–Crippen MR) is 90.8 cm³/mol. The molecule has 9 nitrogen and oxygen atoms in total. The fourth-order valence-corrected chi connectivity index (χ4v) is 2.17. The molecule has 0 saturated carbocycles. The average Bonchev–Trinajstić information content (AvgIpc) is 2.59. The van der Waals surface area contributed by atoms with Gasteiger partial charge in [-0.2, -0.15) is 9.97 Å². The van der Waals surface area contributed by atoms with Crippen LogP contribution in [0, 0.1) is 0 Å². The number of hydrogen-bond acceptors (Lipinski definition) is 9.